The molecule has 1 unspecified atom stereocenters. The minimum absolute atomic E-state index is 0.129. The van der Waals surface area contributed by atoms with Gasteiger partial charge in [0, 0.05) is 6.54 Å². The lowest BCUT2D eigenvalue weighted by molar-refractivity contribution is 0.589. The second kappa shape index (κ2) is 5.28. The Morgan fingerprint density at radius 3 is 2.78 bits per heavy atom. The number of anilines is 1. The summed E-state index contributed by atoms with van der Waals surface area (Å²) in [7, 11) is -3.37. The van der Waals surface area contributed by atoms with Crippen LogP contribution in [0, 0.1) is 0 Å². The van der Waals surface area contributed by atoms with Gasteiger partial charge in [0.05, 0.1) is 10.9 Å². The van der Waals surface area contributed by atoms with Crippen molar-refractivity contribution >= 4 is 15.7 Å². The Balaban J connectivity index is 2.30. The summed E-state index contributed by atoms with van der Waals surface area (Å²) < 4.78 is 26.7. The number of benzene rings is 1. The minimum atomic E-state index is -3.37. The topological polar surface area (TPSA) is 72.2 Å². The Morgan fingerprint density at radius 1 is 1.33 bits per heavy atom. The first-order valence-electron chi connectivity index (χ1n) is 6.37. The fraction of sp³-hybridized carbons (Fsp3) is 0.538. The average Bonchev–Trinajstić information content (AvgIpc) is 2.38. The van der Waals surface area contributed by atoms with E-state index in [9.17, 15) is 8.42 Å². The molecule has 0 saturated carbocycles. The molecule has 0 spiro atoms. The number of sulfonamides is 1. The number of nitrogens with two attached hydrogens (primary N) is 1. The molecule has 0 heterocycles. The Morgan fingerprint density at radius 2 is 2.06 bits per heavy atom. The van der Waals surface area contributed by atoms with Crippen molar-refractivity contribution in [3.63, 3.8) is 0 Å². The highest BCUT2D eigenvalue weighted by atomic mass is 32.2. The molecular formula is C13H20N2O2S. The van der Waals surface area contributed by atoms with Crippen LogP contribution in [0.2, 0.25) is 0 Å². The lowest BCUT2D eigenvalue weighted by Crippen LogP contribution is -2.32. The van der Waals surface area contributed by atoms with E-state index in [0.717, 1.165) is 30.5 Å². The standard InChI is InChI=1S/C13H20N2O2S/c1-10(9-14)18(16,17)15-13-8-4-6-11-5-2-3-7-12(11)13/h4,6,8,10,15H,2-3,5,7,9,14H2,1H3. The molecular weight excluding hydrogens is 248 g/mol. The highest BCUT2D eigenvalue weighted by Crippen LogP contribution is 2.28. The molecule has 0 bridgehead atoms. The van der Waals surface area contributed by atoms with E-state index in [1.54, 1.807) is 6.92 Å². The quantitative estimate of drug-likeness (QED) is 0.872. The van der Waals surface area contributed by atoms with Gasteiger partial charge in [-0.25, -0.2) is 8.42 Å². The van der Waals surface area contributed by atoms with Gasteiger partial charge in [0.25, 0.3) is 0 Å². The van der Waals surface area contributed by atoms with Crippen molar-refractivity contribution in [1.29, 1.82) is 0 Å². The molecule has 1 atom stereocenters. The van der Waals surface area contributed by atoms with Crippen LogP contribution in [0.1, 0.15) is 30.9 Å². The summed E-state index contributed by atoms with van der Waals surface area (Å²) in [6.45, 7) is 1.75. The van der Waals surface area contributed by atoms with Gasteiger partial charge < -0.3 is 5.73 Å². The van der Waals surface area contributed by atoms with Crippen molar-refractivity contribution in [1.82, 2.24) is 0 Å². The summed E-state index contributed by atoms with van der Waals surface area (Å²) in [4.78, 5) is 0. The van der Waals surface area contributed by atoms with Gasteiger partial charge >= 0.3 is 0 Å². The molecule has 1 aliphatic carbocycles. The van der Waals surface area contributed by atoms with Crippen LogP contribution in [0.4, 0.5) is 5.69 Å². The summed E-state index contributed by atoms with van der Waals surface area (Å²) in [5, 5.41) is -0.572. The third-order valence-corrected chi connectivity index (χ3v) is 5.27. The smallest absolute Gasteiger partial charge is 0.236 e. The zero-order valence-electron chi connectivity index (χ0n) is 10.6. The SMILES string of the molecule is CC(CN)S(=O)(=O)Nc1cccc2c1CCCC2. The zero-order chi connectivity index (χ0) is 13.2. The molecule has 3 N–H and O–H groups in total. The summed E-state index contributed by atoms with van der Waals surface area (Å²) in [6, 6.07) is 5.83. The van der Waals surface area contributed by atoms with Gasteiger partial charge in [-0.15, -0.1) is 0 Å². The van der Waals surface area contributed by atoms with Crippen LogP contribution >= 0.6 is 0 Å². The first kappa shape index (κ1) is 13.4. The molecule has 100 valence electrons. The molecule has 1 aromatic rings. The number of hydrogen-bond donors (Lipinski definition) is 2. The van der Waals surface area contributed by atoms with Gasteiger partial charge in [0.15, 0.2) is 0 Å². The van der Waals surface area contributed by atoms with Crippen LogP contribution in [0.5, 0.6) is 0 Å². The first-order chi connectivity index (χ1) is 8.54. The fourth-order valence-corrected chi connectivity index (χ4v) is 3.21. The third-order valence-electron chi connectivity index (χ3n) is 3.51. The summed E-state index contributed by atoms with van der Waals surface area (Å²) in [6.07, 6.45) is 4.29. The molecule has 4 nitrogen and oxygen atoms in total. The molecule has 0 radical (unpaired) electrons. The van der Waals surface area contributed by atoms with Crippen LogP contribution in [0.3, 0.4) is 0 Å². The molecule has 0 aromatic heterocycles. The number of hydrogen-bond acceptors (Lipinski definition) is 3. The average molecular weight is 268 g/mol. The largest absolute Gasteiger partial charge is 0.329 e. The van der Waals surface area contributed by atoms with Crippen LogP contribution in [-0.4, -0.2) is 20.2 Å². The number of aryl methyl sites for hydroxylation is 1. The van der Waals surface area contributed by atoms with Crippen molar-refractivity contribution in [2.75, 3.05) is 11.3 Å². The predicted octanol–water partition coefficient (Wildman–Crippen LogP) is 1.65. The monoisotopic (exact) mass is 268 g/mol. The van der Waals surface area contributed by atoms with E-state index in [2.05, 4.69) is 10.8 Å². The van der Waals surface area contributed by atoms with Crippen molar-refractivity contribution in [2.45, 2.75) is 37.9 Å². The van der Waals surface area contributed by atoms with E-state index in [0.29, 0.717) is 0 Å². The van der Waals surface area contributed by atoms with Crippen LogP contribution in [-0.2, 0) is 22.9 Å². The minimum Gasteiger partial charge on any atom is -0.329 e. The van der Waals surface area contributed by atoms with Crippen molar-refractivity contribution in [2.24, 2.45) is 5.73 Å². The van der Waals surface area contributed by atoms with Crippen molar-refractivity contribution < 1.29 is 8.42 Å². The third kappa shape index (κ3) is 2.67. The highest BCUT2D eigenvalue weighted by Gasteiger charge is 2.21. The summed E-state index contributed by atoms with van der Waals surface area (Å²) in [5.74, 6) is 0. The van der Waals surface area contributed by atoms with Gasteiger partial charge in [-0.3, -0.25) is 4.72 Å². The lowest BCUT2D eigenvalue weighted by atomic mass is 9.91. The van der Waals surface area contributed by atoms with E-state index in [1.165, 1.54) is 12.0 Å². The van der Waals surface area contributed by atoms with Gasteiger partial charge in [-0.1, -0.05) is 12.1 Å². The predicted molar refractivity (Wildman–Crippen MR) is 74.1 cm³/mol. The van der Waals surface area contributed by atoms with E-state index < -0.39 is 15.3 Å². The van der Waals surface area contributed by atoms with Gasteiger partial charge in [0.2, 0.25) is 10.0 Å². The Kier molecular flexibility index (Phi) is 3.92. The Bertz CT molecular complexity index is 526. The van der Waals surface area contributed by atoms with E-state index >= 15 is 0 Å². The first-order valence-corrected chi connectivity index (χ1v) is 7.91. The summed E-state index contributed by atoms with van der Waals surface area (Å²) in [5.41, 5.74) is 8.57. The second-order valence-corrected chi connectivity index (χ2v) is 6.94. The molecule has 0 saturated heterocycles. The maximum absolute atomic E-state index is 12.0. The van der Waals surface area contributed by atoms with Crippen LogP contribution in [0.15, 0.2) is 18.2 Å². The summed E-state index contributed by atoms with van der Waals surface area (Å²) >= 11 is 0. The van der Waals surface area contributed by atoms with Gasteiger partial charge in [-0.05, 0) is 49.8 Å². The molecule has 18 heavy (non-hydrogen) atoms. The highest BCUT2D eigenvalue weighted by molar-refractivity contribution is 7.93. The van der Waals surface area contributed by atoms with Gasteiger partial charge in [-0.2, -0.15) is 0 Å². The molecule has 2 rings (SSSR count). The van der Waals surface area contributed by atoms with Gasteiger partial charge in [0.1, 0.15) is 0 Å². The number of fused-ring (bicyclic) bond motifs is 1. The molecule has 1 aromatic carbocycles. The lowest BCUT2D eigenvalue weighted by Gasteiger charge is -2.21. The zero-order valence-corrected chi connectivity index (χ0v) is 11.5. The maximum atomic E-state index is 12.0. The van der Waals surface area contributed by atoms with Crippen molar-refractivity contribution in [3.05, 3.63) is 29.3 Å². The number of rotatable bonds is 4. The number of nitrogens with one attached hydrogen (secondary N) is 1. The van der Waals surface area contributed by atoms with Crippen molar-refractivity contribution in [3.8, 4) is 0 Å². The fourth-order valence-electron chi connectivity index (χ4n) is 2.26. The second-order valence-electron chi connectivity index (χ2n) is 4.84. The van der Waals surface area contributed by atoms with Crippen LogP contribution in [0.25, 0.3) is 0 Å². The van der Waals surface area contributed by atoms with E-state index in [1.807, 2.05) is 12.1 Å². The Labute approximate surface area is 109 Å². The molecule has 0 aliphatic heterocycles. The van der Waals surface area contributed by atoms with E-state index in [4.69, 9.17) is 5.73 Å². The Hall–Kier alpha value is -1.07. The molecule has 0 fully saturated rings. The normalized spacial score (nSPS) is 17.0. The molecule has 5 heteroatoms. The molecule has 0 amide bonds. The molecule has 1 aliphatic rings. The maximum Gasteiger partial charge on any atom is 0.236 e. The van der Waals surface area contributed by atoms with Crippen LogP contribution < -0.4 is 10.5 Å². The van der Waals surface area contributed by atoms with E-state index in [-0.39, 0.29) is 6.54 Å².